The predicted molar refractivity (Wildman–Crippen MR) is 76.7 cm³/mol. The Labute approximate surface area is 123 Å². The highest BCUT2D eigenvalue weighted by Gasteiger charge is 2.13. The summed E-state index contributed by atoms with van der Waals surface area (Å²) in [5.41, 5.74) is 0.826. The first-order chi connectivity index (χ1) is 10.1. The lowest BCUT2D eigenvalue weighted by Crippen LogP contribution is -2.29. The van der Waals surface area contributed by atoms with E-state index in [-0.39, 0.29) is 18.2 Å². The third-order valence-electron chi connectivity index (χ3n) is 2.73. The minimum absolute atomic E-state index is 0.108. The van der Waals surface area contributed by atoms with Gasteiger partial charge in [0.2, 0.25) is 0 Å². The van der Waals surface area contributed by atoms with E-state index in [4.69, 9.17) is 5.26 Å². The van der Waals surface area contributed by atoms with Crippen molar-refractivity contribution in [2.24, 2.45) is 0 Å². The molecule has 0 heterocycles. The molecule has 1 atom stereocenters. The van der Waals surface area contributed by atoms with Gasteiger partial charge >= 0.3 is 5.97 Å². The van der Waals surface area contributed by atoms with Crippen LogP contribution in [0.25, 0.3) is 0 Å². The fourth-order valence-corrected chi connectivity index (χ4v) is 1.56. The zero-order valence-corrected chi connectivity index (χ0v) is 11.9. The standard InChI is InChI=1S/C15H17N3O3/c1-11(12-6-4-3-5-7-12)18-15(20)13(8-16)9-17-10-14(19)21-2/h3-7,9,11,17H,10H2,1-2H3,(H,18,20)/b13-9-. The quantitative estimate of drug-likeness (QED) is 0.463. The van der Waals surface area contributed by atoms with Crippen LogP contribution in [0.3, 0.4) is 0 Å². The van der Waals surface area contributed by atoms with E-state index in [1.807, 2.05) is 37.3 Å². The number of hydrogen-bond acceptors (Lipinski definition) is 5. The molecule has 1 amide bonds. The largest absolute Gasteiger partial charge is 0.468 e. The Balaban J connectivity index is 2.61. The Morgan fingerprint density at radius 2 is 2.05 bits per heavy atom. The van der Waals surface area contributed by atoms with Gasteiger partial charge in [0, 0.05) is 6.20 Å². The van der Waals surface area contributed by atoms with Crippen LogP contribution in [-0.4, -0.2) is 25.5 Å². The van der Waals surface area contributed by atoms with Crippen molar-refractivity contribution in [3.8, 4) is 6.07 Å². The van der Waals surface area contributed by atoms with Crippen LogP contribution in [0.15, 0.2) is 42.1 Å². The molecule has 0 bridgehead atoms. The molecule has 6 heteroatoms. The predicted octanol–water partition coefficient (Wildman–Crippen LogP) is 1.03. The molecular weight excluding hydrogens is 270 g/mol. The molecule has 21 heavy (non-hydrogen) atoms. The van der Waals surface area contributed by atoms with Crippen LogP contribution < -0.4 is 10.6 Å². The number of carbonyl (C=O) groups excluding carboxylic acids is 2. The topological polar surface area (TPSA) is 91.2 Å². The van der Waals surface area contributed by atoms with E-state index in [0.29, 0.717) is 0 Å². The number of nitrogens with zero attached hydrogens (tertiary/aromatic N) is 1. The molecule has 0 saturated heterocycles. The van der Waals surface area contributed by atoms with Crippen LogP contribution in [0.5, 0.6) is 0 Å². The van der Waals surface area contributed by atoms with Crippen LogP contribution in [0.1, 0.15) is 18.5 Å². The summed E-state index contributed by atoms with van der Waals surface area (Å²) in [5, 5.41) is 14.2. The third-order valence-corrected chi connectivity index (χ3v) is 2.73. The molecule has 1 aromatic rings. The number of methoxy groups -OCH3 is 1. The van der Waals surface area contributed by atoms with E-state index in [1.165, 1.54) is 13.3 Å². The molecule has 1 rings (SSSR count). The van der Waals surface area contributed by atoms with Crippen molar-refractivity contribution in [3.05, 3.63) is 47.7 Å². The summed E-state index contributed by atoms with van der Waals surface area (Å²) >= 11 is 0. The van der Waals surface area contributed by atoms with Crippen molar-refractivity contribution in [3.63, 3.8) is 0 Å². The van der Waals surface area contributed by atoms with Crippen molar-refractivity contribution in [1.82, 2.24) is 10.6 Å². The molecule has 0 spiro atoms. The van der Waals surface area contributed by atoms with Gasteiger partial charge in [-0.15, -0.1) is 0 Å². The average molecular weight is 287 g/mol. The molecule has 0 aliphatic rings. The maximum Gasteiger partial charge on any atom is 0.325 e. The van der Waals surface area contributed by atoms with E-state index >= 15 is 0 Å². The number of carbonyl (C=O) groups is 2. The van der Waals surface area contributed by atoms with Crippen molar-refractivity contribution >= 4 is 11.9 Å². The summed E-state index contributed by atoms with van der Waals surface area (Å²) < 4.78 is 4.43. The van der Waals surface area contributed by atoms with Gasteiger partial charge in [0.05, 0.1) is 13.2 Å². The van der Waals surface area contributed by atoms with Gasteiger partial charge in [-0.1, -0.05) is 30.3 Å². The molecule has 2 N–H and O–H groups in total. The number of amides is 1. The number of esters is 1. The zero-order valence-electron chi connectivity index (χ0n) is 11.9. The van der Waals surface area contributed by atoms with Gasteiger partial charge in [-0.05, 0) is 12.5 Å². The van der Waals surface area contributed by atoms with E-state index in [9.17, 15) is 9.59 Å². The smallest absolute Gasteiger partial charge is 0.325 e. The van der Waals surface area contributed by atoms with Crippen LogP contribution in [0, 0.1) is 11.3 Å². The van der Waals surface area contributed by atoms with E-state index in [0.717, 1.165) is 5.56 Å². The highest BCUT2D eigenvalue weighted by molar-refractivity contribution is 5.97. The molecule has 0 aliphatic carbocycles. The lowest BCUT2D eigenvalue weighted by Gasteiger charge is -2.13. The Bertz CT molecular complexity index is 561. The van der Waals surface area contributed by atoms with Crippen molar-refractivity contribution in [1.29, 1.82) is 5.26 Å². The summed E-state index contributed by atoms with van der Waals surface area (Å²) in [7, 11) is 1.26. The van der Waals surface area contributed by atoms with Crippen LogP contribution in [0.2, 0.25) is 0 Å². The Morgan fingerprint density at radius 3 is 2.62 bits per heavy atom. The first-order valence-electron chi connectivity index (χ1n) is 6.34. The number of hydrogen-bond donors (Lipinski definition) is 2. The normalized spacial score (nSPS) is 12.0. The summed E-state index contributed by atoms with van der Waals surface area (Å²) in [4.78, 5) is 22.9. The Kier molecular flexibility index (Phi) is 6.48. The number of nitriles is 1. The maximum atomic E-state index is 11.9. The van der Waals surface area contributed by atoms with Crippen LogP contribution in [-0.2, 0) is 14.3 Å². The van der Waals surface area contributed by atoms with E-state index < -0.39 is 11.9 Å². The second kappa shape index (κ2) is 8.38. The first-order valence-corrected chi connectivity index (χ1v) is 6.34. The minimum Gasteiger partial charge on any atom is -0.468 e. The summed E-state index contributed by atoms with van der Waals surface area (Å²) in [6, 6.07) is 11.0. The number of benzene rings is 1. The lowest BCUT2D eigenvalue weighted by atomic mass is 10.1. The zero-order chi connectivity index (χ0) is 15.7. The number of rotatable bonds is 6. The van der Waals surface area contributed by atoms with Gasteiger partial charge in [0.1, 0.15) is 18.2 Å². The molecule has 0 aliphatic heterocycles. The van der Waals surface area contributed by atoms with Gasteiger partial charge in [-0.25, -0.2) is 0 Å². The molecule has 1 aromatic carbocycles. The number of ether oxygens (including phenoxy) is 1. The third kappa shape index (κ3) is 5.37. The number of nitrogens with one attached hydrogen (secondary N) is 2. The van der Waals surface area contributed by atoms with Crippen molar-refractivity contribution in [2.75, 3.05) is 13.7 Å². The SMILES string of the molecule is COC(=O)CN/C=C(/C#N)C(=O)NC(C)c1ccccc1. The lowest BCUT2D eigenvalue weighted by molar-refractivity contribution is -0.139. The fourth-order valence-electron chi connectivity index (χ4n) is 1.56. The van der Waals surface area contributed by atoms with Gasteiger partial charge in [0.25, 0.3) is 5.91 Å². The Morgan fingerprint density at radius 1 is 1.38 bits per heavy atom. The molecule has 6 nitrogen and oxygen atoms in total. The van der Waals surface area contributed by atoms with Gasteiger partial charge in [0.15, 0.2) is 0 Å². The van der Waals surface area contributed by atoms with E-state index in [1.54, 1.807) is 6.07 Å². The van der Waals surface area contributed by atoms with Crippen molar-refractivity contribution < 1.29 is 14.3 Å². The summed E-state index contributed by atoms with van der Waals surface area (Å²) in [6.45, 7) is 1.72. The maximum absolute atomic E-state index is 11.9. The Hall–Kier alpha value is -2.81. The monoisotopic (exact) mass is 287 g/mol. The minimum atomic E-state index is -0.508. The van der Waals surface area contributed by atoms with Gasteiger partial charge in [-0.3, -0.25) is 9.59 Å². The summed E-state index contributed by atoms with van der Waals surface area (Å²) in [6.07, 6.45) is 1.20. The molecule has 0 fully saturated rings. The van der Waals surface area contributed by atoms with Gasteiger partial charge < -0.3 is 15.4 Å². The molecular formula is C15H17N3O3. The second-order valence-electron chi connectivity index (χ2n) is 4.23. The average Bonchev–Trinajstić information content (AvgIpc) is 2.51. The van der Waals surface area contributed by atoms with Crippen LogP contribution in [0.4, 0.5) is 0 Å². The van der Waals surface area contributed by atoms with Gasteiger partial charge in [-0.2, -0.15) is 5.26 Å². The molecule has 0 saturated carbocycles. The van der Waals surface area contributed by atoms with E-state index in [2.05, 4.69) is 15.4 Å². The molecule has 0 radical (unpaired) electrons. The summed E-state index contributed by atoms with van der Waals surface area (Å²) in [5.74, 6) is -0.993. The highest BCUT2D eigenvalue weighted by Crippen LogP contribution is 2.11. The first kappa shape index (κ1) is 16.2. The highest BCUT2D eigenvalue weighted by atomic mass is 16.5. The fraction of sp³-hybridized carbons (Fsp3) is 0.267. The second-order valence-corrected chi connectivity index (χ2v) is 4.23. The van der Waals surface area contributed by atoms with Crippen LogP contribution >= 0.6 is 0 Å². The molecule has 0 aromatic heterocycles. The molecule has 110 valence electrons. The molecule has 1 unspecified atom stereocenters. The van der Waals surface area contributed by atoms with Crippen molar-refractivity contribution in [2.45, 2.75) is 13.0 Å².